The number of carbonyl (C=O) groups is 3. The SMILES string of the molecule is C=CC(=O)Oc1ccc(C(=O)O)c(C)c1C(=O)O. The number of esters is 1. The predicted octanol–water partition coefficient (Wildman–Crippen LogP) is 1.48. The first kappa shape index (κ1) is 13.4. The second-order valence-electron chi connectivity index (χ2n) is 3.35. The number of aromatic carboxylic acids is 2. The molecule has 1 rings (SSSR count). The molecular weight excluding hydrogens is 240 g/mol. The van der Waals surface area contributed by atoms with Gasteiger partial charge in [0.25, 0.3) is 0 Å². The highest BCUT2D eigenvalue weighted by Gasteiger charge is 2.21. The summed E-state index contributed by atoms with van der Waals surface area (Å²) in [5.74, 6) is -3.66. The van der Waals surface area contributed by atoms with Crippen LogP contribution in [0.25, 0.3) is 0 Å². The van der Waals surface area contributed by atoms with E-state index in [0.717, 1.165) is 12.1 Å². The van der Waals surface area contributed by atoms with Crippen molar-refractivity contribution in [2.24, 2.45) is 0 Å². The first-order valence-electron chi connectivity index (χ1n) is 4.83. The first-order chi connectivity index (χ1) is 8.38. The van der Waals surface area contributed by atoms with Crippen molar-refractivity contribution >= 4 is 17.9 Å². The topological polar surface area (TPSA) is 101 Å². The Labute approximate surface area is 102 Å². The second-order valence-corrected chi connectivity index (χ2v) is 3.35. The monoisotopic (exact) mass is 250 g/mol. The highest BCUT2D eigenvalue weighted by Crippen LogP contribution is 2.25. The average molecular weight is 250 g/mol. The summed E-state index contributed by atoms with van der Waals surface area (Å²) in [6.07, 6.45) is 0.881. The quantitative estimate of drug-likeness (QED) is 0.477. The summed E-state index contributed by atoms with van der Waals surface area (Å²) in [7, 11) is 0. The van der Waals surface area contributed by atoms with Gasteiger partial charge in [0.05, 0.1) is 5.56 Å². The molecule has 0 aliphatic rings. The summed E-state index contributed by atoms with van der Waals surface area (Å²) in [5, 5.41) is 17.9. The molecule has 2 N–H and O–H groups in total. The van der Waals surface area contributed by atoms with E-state index in [-0.39, 0.29) is 22.4 Å². The molecule has 18 heavy (non-hydrogen) atoms. The number of carbonyl (C=O) groups excluding carboxylic acids is 1. The van der Waals surface area contributed by atoms with Gasteiger partial charge in [-0.2, -0.15) is 0 Å². The molecule has 0 unspecified atom stereocenters. The van der Waals surface area contributed by atoms with Gasteiger partial charge in [-0.15, -0.1) is 0 Å². The normalized spacial score (nSPS) is 9.61. The lowest BCUT2D eigenvalue weighted by molar-refractivity contribution is -0.128. The predicted molar refractivity (Wildman–Crippen MR) is 60.9 cm³/mol. The second kappa shape index (κ2) is 5.13. The Balaban J connectivity index is 3.41. The Hall–Kier alpha value is -2.63. The van der Waals surface area contributed by atoms with Crippen LogP contribution in [0.1, 0.15) is 26.3 Å². The van der Waals surface area contributed by atoms with Crippen LogP contribution in [0.5, 0.6) is 5.75 Å². The number of hydrogen-bond acceptors (Lipinski definition) is 4. The third-order valence-corrected chi connectivity index (χ3v) is 2.25. The number of rotatable bonds is 4. The van der Waals surface area contributed by atoms with Gasteiger partial charge in [0.2, 0.25) is 0 Å². The molecule has 0 atom stereocenters. The maximum absolute atomic E-state index is 11.1. The molecule has 6 nitrogen and oxygen atoms in total. The summed E-state index contributed by atoms with van der Waals surface area (Å²) < 4.78 is 4.74. The fourth-order valence-corrected chi connectivity index (χ4v) is 1.42. The fourth-order valence-electron chi connectivity index (χ4n) is 1.42. The molecule has 0 aliphatic carbocycles. The molecule has 1 aromatic carbocycles. The van der Waals surface area contributed by atoms with Crippen LogP contribution < -0.4 is 4.74 Å². The minimum Gasteiger partial charge on any atom is -0.478 e. The molecule has 1 aromatic rings. The molecule has 6 heteroatoms. The van der Waals surface area contributed by atoms with E-state index in [1.807, 2.05) is 0 Å². The summed E-state index contributed by atoms with van der Waals surface area (Å²) in [5.41, 5.74) is -0.500. The van der Waals surface area contributed by atoms with Crippen LogP contribution in [0.15, 0.2) is 24.8 Å². The van der Waals surface area contributed by atoms with E-state index in [4.69, 9.17) is 14.9 Å². The number of carboxylic acids is 2. The smallest absolute Gasteiger partial charge is 0.339 e. The molecule has 0 aromatic heterocycles. The van der Waals surface area contributed by atoms with Gasteiger partial charge in [0.15, 0.2) is 0 Å². The van der Waals surface area contributed by atoms with Crippen molar-refractivity contribution in [1.29, 1.82) is 0 Å². The number of ether oxygens (including phenoxy) is 1. The van der Waals surface area contributed by atoms with Gasteiger partial charge in [0.1, 0.15) is 11.3 Å². The molecule has 0 bridgehead atoms. The lowest BCUT2D eigenvalue weighted by Gasteiger charge is -2.10. The minimum absolute atomic E-state index is 0.0179. The van der Waals surface area contributed by atoms with Crippen LogP contribution in [0.3, 0.4) is 0 Å². The Morgan fingerprint density at radius 3 is 2.28 bits per heavy atom. The van der Waals surface area contributed by atoms with Crippen LogP contribution in [-0.4, -0.2) is 28.1 Å². The molecule has 0 heterocycles. The van der Waals surface area contributed by atoms with Crippen molar-refractivity contribution in [2.45, 2.75) is 6.92 Å². The molecule has 0 amide bonds. The maximum atomic E-state index is 11.1. The Morgan fingerprint density at radius 1 is 1.22 bits per heavy atom. The number of hydrogen-bond donors (Lipinski definition) is 2. The van der Waals surface area contributed by atoms with E-state index in [1.54, 1.807) is 0 Å². The van der Waals surface area contributed by atoms with Crippen molar-refractivity contribution in [3.05, 3.63) is 41.5 Å². The number of carboxylic acid groups (broad SMARTS) is 2. The molecule has 94 valence electrons. The van der Waals surface area contributed by atoms with Gasteiger partial charge in [-0.1, -0.05) is 6.58 Å². The van der Waals surface area contributed by atoms with Gasteiger partial charge in [0, 0.05) is 6.08 Å². The third kappa shape index (κ3) is 2.54. The van der Waals surface area contributed by atoms with Gasteiger partial charge < -0.3 is 14.9 Å². The third-order valence-electron chi connectivity index (χ3n) is 2.25. The highest BCUT2D eigenvalue weighted by molar-refractivity contribution is 5.99. The van der Waals surface area contributed by atoms with Gasteiger partial charge in [-0.05, 0) is 24.6 Å². The fraction of sp³-hybridized carbons (Fsp3) is 0.0833. The highest BCUT2D eigenvalue weighted by atomic mass is 16.5. The molecule has 0 radical (unpaired) electrons. The van der Waals surface area contributed by atoms with E-state index in [9.17, 15) is 14.4 Å². The minimum atomic E-state index is -1.37. The van der Waals surface area contributed by atoms with Crippen molar-refractivity contribution in [1.82, 2.24) is 0 Å². The molecule has 0 aliphatic heterocycles. The zero-order valence-electron chi connectivity index (χ0n) is 9.47. The lowest BCUT2D eigenvalue weighted by atomic mass is 10.0. The summed E-state index contributed by atoms with van der Waals surface area (Å²) >= 11 is 0. The van der Waals surface area contributed by atoms with E-state index >= 15 is 0 Å². The molecule has 0 fully saturated rings. The molecule has 0 saturated carbocycles. The van der Waals surface area contributed by atoms with Crippen molar-refractivity contribution < 1.29 is 29.3 Å². The molecular formula is C12H10O6. The van der Waals surface area contributed by atoms with Gasteiger partial charge >= 0.3 is 17.9 Å². The van der Waals surface area contributed by atoms with Crippen molar-refractivity contribution in [3.8, 4) is 5.75 Å². The van der Waals surface area contributed by atoms with Gasteiger partial charge in [-0.3, -0.25) is 0 Å². The Bertz CT molecular complexity index is 544. The largest absolute Gasteiger partial charge is 0.478 e. The van der Waals surface area contributed by atoms with Crippen LogP contribution in [0.4, 0.5) is 0 Å². The average Bonchev–Trinajstić information content (AvgIpc) is 2.27. The van der Waals surface area contributed by atoms with E-state index in [1.165, 1.54) is 13.0 Å². The summed E-state index contributed by atoms with van der Waals surface area (Å²) in [6.45, 7) is 4.51. The van der Waals surface area contributed by atoms with Crippen LogP contribution in [-0.2, 0) is 4.79 Å². The Morgan fingerprint density at radius 2 is 1.83 bits per heavy atom. The lowest BCUT2D eigenvalue weighted by Crippen LogP contribution is -2.12. The van der Waals surface area contributed by atoms with Gasteiger partial charge in [-0.25, -0.2) is 14.4 Å². The zero-order valence-corrected chi connectivity index (χ0v) is 9.47. The Kier molecular flexibility index (Phi) is 3.83. The maximum Gasteiger partial charge on any atom is 0.339 e. The van der Waals surface area contributed by atoms with E-state index in [0.29, 0.717) is 0 Å². The standard InChI is InChI=1S/C12H10O6/c1-3-9(13)18-8-5-4-7(11(14)15)6(2)10(8)12(16)17/h3-5H,1H2,2H3,(H,14,15)(H,16,17). The number of benzene rings is 1. The zero-order chi connectivity index (χ0) is 13.9. The van der Waals surface area contributed by atoms with E-state index < -0.39 is 17.9 Å². The summed E-state index contributed by atoms with van der Waals surface area (Å²) in [6, 6.07) is 2.30. The van der Waals surface area contributed by atoms with Crippen molar-refractivity contribution in [3.63, 3.8) is 0 Å². The first-order valence-corrected chi connectivity index (χ1v) is 4.83. The van der Waals surface area contributed by atoms with Crippen molar-refractivity contribution in [2.75, 3.05) is 0 Å². The molecule has 0 spiro atoms. The van der Waals surface area contributed by atoms with Crippen LogP contribution in [0.2, 0.25) is 0 Å². The van der Waals surface area contributed by atoms with Crippen LogP contribution in [0, 0.1) is 6.92 Å². The molecule has 0 saturated heterocycles. The van der Waals surface area contributed by atoms with Crippen LogP contribution >= 0.6 is 0 Å². The van der Waals surface area contributed by atoms with E-state index in [2.05, 4.69) is 6.58 Å². The summed E-state index contributed by atoms with van der Waals surface area (Å²) in [4.78, 5) is 33.0.